The molecule has 2 rings (SSSR count). The molecule has 1 saturated heterocycles. The highest BCUT2D eigenvalue weighted by Gasteiger charge is 2.24. The molecule has 3 heteroatoms. The molecule has 0 aromatic heterocycles. The van der Waals surface area contributed by atoms with Gasteiger partial charge in [0.2, 0.25) is 0 Å². The summed E-state index contributed by atoms with van der Waals surface area (Å²) in [5, 5.41) is 12.4. The molecule has 2 N–H and O–H groups in total. The van der Waals surface area contributed by atoms with E-state index in [-0.39, 0.29) is 6.61 Å². The first-order valence-electron chi connectivity index (χ1n) is 7.34. The molecule has 0 amide bonds. The number of nitrogens with one attached hydrogen (secondary N) is 1. The first-order chi connectivity index (χ1) is 9.28. The zero-order chi connectivity index (χ0) is 13.5. The molecule has 1 aliphatic rings. The minimum Gasteiger partial charge on any atom is -0.396 e. The molecule has 1 aromatic rings. The number of rotatable bonds is 6. The molecule has 2 atom stereocenters. The van der Waals surface area contributed by atoms with Crippen molar-refractivity contribution >= 4 is 0 Å². The Morgan fingerprint density at radius 1 is 1.26 bits per heavy atom. The average molecular weight is 262 g/mol. The number of benzene rings is 1. The highest BCUT2D eigenvalue weighted by Crippen LogP contribution is 2.20. The van der Waals surface area contributed by atoms with Crippen molar-refractivity contribution in [3.63, 3.8) is 0 Å². The summed E-state index contributed by atoms with van der Waals surface area (Å²) in [7, 11) is 2.21. The largest absolute Gasteiger partial charge is 0.396 e. The summed E-state index contributed by atoms with van der Waals surface area (Å²) < 4.78 is 0. The van der Waals surface area contributed by atoms with Gasteiger partial charge >= 0.3 is 0 Å². The predicted octanol–water partition coefficient (Wildman–Crippen LogP) is 1.52. The van der Waals surface area contributed by atoms with Gasteiger partial charge in [-0.05, 0) is 44.3 Å². The van der Waals surface area contributed by atoms with Crippen LogP contribution in [0.2, 0.25) is 0 Å². The van der Waals surface area contributed by atoms with E-state index in [1.807, 2.05) is 0 Å². The van der Waals surface area contributed by atoms with Gasteiger partial charge in [-0.2, -0.15) is 0 Å². The van der Waals surface area contributed by atoms with Crippen LogP contribution in [0.1, 0.15) is 18.4 Å². The van der Waals surface area contributed by atoms with Crippen molar-refractivity contribution in [2.24, 2.45) is 5.92 Å². The maximum absolute atomic E-state index is 8.84. The second-order valence-electron chi connectivity index (χ2n) is 5.74. The van der Waals surface area contributed by atoms with Crippen molar-refractivity contribution in [1.29, 1.82) is 0 Å². The number of likely N-dealkylation sites (tertiary alicyclic amines) is 1. The molecule has 106 valence electrons. The Kier molecular flexibility index (Phi) is 5.83. The van der Waals surface area contributed by atoms with E-state index >= 15 is 0 Å². The predicted molar refractivity (Wildman–Crippen MR) is 79.2 cm³/mol. The monoisotopic (exact) mass is 262 g/mol. The molecule has 0 radical (unpaired) electrons. The minimum atomic E-state index is 0.281. The molecule has 0 saturated carbocycles. The Morgan fingerprint density at radius 2 is 2.05 bits per heavy atom. The standard InChI is InChI=1S/C16H26N2O/c1-18-12-15(10-14-6-3-2-4-7-14)11-16(13-18)17-8-5-9-19/h2-4,6-7,15-17,19H,5,8-13H2,1H3. The molecule has 1 fully saturated rings. The number of piperidine rings is 1. The summed E-state index contributed by atoms with van der Waals surface area (Å²) in [6, 6.07) is 11.3. The Hall–Kier alpha value is -0.900. The lowest BCUT2D eigenvalue weighted by molar-refractivity contribution is 0.166. The van der Waals surface area contributed by atoms with Crippen LogP contribution in [0, 0.1) is 5.92 Å². The van der Waals surface area contributed by atoms with E-state index in [0.29, 0.717) is 6.04 Å². The van der Waals surface area contributed by atoms with Crippen molar-refractivity contribution in [1.82, 2.24) is 10.2 Å². The topological polar surface area (TPSA) is 35.5 Å². The van der Waals surface area contributed by atoms with Crippen LogP contribution >= 0.6 is 0 Å². The summed E-state index contributed by atoms with van der Waals surface area (Å²) in [6.45, 7) is 3.51. The van der Waals surface area contributed by atoms with Gasteiger partial charge in [-0.1, -0.05) is 30.3 Å². The van der Waals surface area contributed by atoms with E-state index in [1.54, 1.807) is 0 Å². The van der Waals surface area contributed by atoms with Gasteiger partial charge in [-0.25, -0.2) is 0 Å². The van der Waals surface area contributed by atoms with Crippen LogP contribution in [0.3, 0.4) is 0 Å². The van der Waals surface area contributed by atoms with Gasteiger partial charge in [0.1, 0.15) is 0 Å². The van der Waals surface area contributed by atoms with E-state index in [2.05, 4.69) is 47.6 Å². The van der Waals surface area contributed by atoms with Crippen LogP contribution in [-0.2, 0) is 6.42 Å². The molecule has 0 bridgehead atoms. The van der Waals surface area contributed by atoms with E-state index < -0.39 is 0 Å². The third-order valence-electron chi connectivity index (χ3n) is 3.85. The average Bonchev–Trinajstić information content (AvgIpc) is 2.39. The zero-order valence-electron chi connectivity index (χ0n) is 11.9. The number of hydrogen-bond acceptors (Lipinski definition) is 3. The van der Waals surface area contributed by atoms with Gasteiger partial charge < -0.3 is 15.3 Å². The zero-order valence-corrected chi connectivity index (χ0v) is 11.9. The Bertz CT molecular complexity index is 355. The summed E-state index contributed by atoms with van der Waals surface area (Å²) in [5.41, 5.74) is 1.44. The smallest absolute Gasteiger partial charge is 0.0443 e. The molecule has 3 nitrogen and oxygen atoms in total. The molecule has 1 aromatic carbocycles. The summed E-state index contributed by atoms with van der Waals surface area (Å²) in [4.78, 5) is 2.42. The van der Waals surface area contributed by atoms with Gasteiger partial charge in [0.25, 0.3) is 0 Å². The van der Waals surface area contributed by atoms with Crippen molar-refractivity contribution in [3.05, 3.63) is 35.9 Å². The Morgan fingerprint density at radius 3 is 2.79 bits per heavy atom. The third kappa shape index (κ3) is 4.94. The van der Waals surface area contributed by atoms with Gasteiger partial charge in [-0.3, -0.25) is 0 Å². The fourth-order valence-electron chi connectivity index (χ4n) is 3.07. The van der Waals surface area contributed by atoms with Crippen molar-refractivity contribution in [2.45, 2.75) is 25.3 Å². The van der Waals surface area contributed by atoms with Crippen LogP contribution < -0.4 is 5.32 Å². The van der Waals surface area contributed by atoms with E-state index in [4.69, 9.17) is 5.11 Å². The van der Waals surface area contributed by atoms with E-state index in [9.17, 15) is 0 Å². The second-order valence-corrected chi connectivity index (χ2v) is 5.74. The van der Waals surface area contributed by atoms with Gasteiger partial charge in [-0.15, -0.1) is 0 Å². The fraction of sp³-hybridized carbons (Fsp3) is 0.625. The Labute approximate surface area is 116 Å². The fourth-order valence-corrected chi connectivity index (χ4v) is 3.07. The quantitative estimate of drug-likeness (QED) is 0.763. The number of likely N-dealkylation sites (N-methyl/N-ethyl adjacent to an activating group) is 1. The SMILES string of the molecule is CN1CC(Cc2ccccc2)CC(NCCCO)C1. The number of aliphatic hydroxyl groups excluding tert-OH is 1. The molecular formula is C16H26N2O. The molecular weight excluding hydrogens is 236 g/mol. The maximum atomic E-state index is 8.84. The molecule has 1 aliphatic heterocycles. The van der Waals surface area contributed by atoms with Crippen LogP contribution in [0.4, 0.5) is 0 Å². The van der Waals surface area contributed by atoms with Crippen LogP contribution in [0.25, 0.3) is 0 Å². The molecule has 19 heavy (non-hydrogen) atoms. The summed E-state index contributed by atoms with van der Waals surface area (Å²) in [5.74, 6) is 0.729. The molecule has 1 heterocycles. The molecule has 0 spiro atoms. The van der Waals surface area contributed by atoms with Crippen molar-refractivity contribution in [2.75, 3.05) is 33.3 Å². The summed E-state index contributed by atoms with van der Waals surface area (Å²) >= 11 is 0. The van der Waals surface area contributed by atoms with Crippen molar-refractivity contribution < 1.29 is 5.11 Å². The lowest BCUT2D eigenvalue weighted by Gasteiger charge is -2.36. The van der Waals surface area contributed by atoms with Crippen LogP contribution in [0.15, 0.2) is 30.3 Å². The maximum Gasteiger partial charge on any atom is 0.0443 e. The molecule has 0 aliphatic carbocycles. The Balaban J connectivity index is 1.83. The normalized spacial score (nSPS) is 24.5. The van der Waals surface area contributed by atoms with E-state index in [0.717, 1.165) is 25.4 Å². The lowest BCUT2D eigenvalue weighted by atomic mass is 9.89. The number of aliphatic hydroxyl groups is 1. The number of nitrogens with zero attached hydrogens (tertiary/aromatic N) is 1. The van der Waals surface area contributed by atoms with Gasteiger partial charge in [0, 0.05) is 25.7 Å². The highest BCUT2D eigenvalue weighted by molar-refractivity contribution is 5.15. The van der Waals surface area contributed by atoms with Gasteiger partial charge in [0.05, 0.1) is 0 Å². The first kappa shape index (κ1) is 14.5. The third-order valence-corrected chi connectivity index (χ3v) is 3.85. The minimum absolute atomic E-state index is 0.281. The van der Waals surface area contributed by atoms with Crippen LogP contribution in [-0.4, -0.2) is 49.3 Å². The summed E-state index contributed by atoms with van der Waals surface area (Å²) in [6.07, 6.45) is 3.26. The molecule has 2 unspecified atom stereocenters. The van der Waals surface area contributed by atoms with Crippen molar-refractivity contribution in [3.8, 4) is 0 Å². The lowest BCUT2D eigenvalue weighted by Crippen LogP contribution is -2.48. The second kappa shape index (κ2) is 7.63. The highest BCUT2D eigenvalue weighted by atomic mass is 16.3. The van der Waals surface area contributed by atoms with Gasteiger partial charge in [0.15, 0.2) is 0 Å². The first-order valence-corrected chi connectivity index (χ1v) is 7.34. The number of hydrogen-bond donors (Lipinski definition) is 2. The van der Waals surface area contributed by atoms with Crippen LogP contribution in [0.5, 0.6) is 0 Å². The van der Waals surface area contributed by atoms with E-state index in [1.165, 1.54) is 24.9 Å².